The van der Waals surface area contributed by atoms with Gasteiger partial charge >= 0.3 is 0 Å². The lowest BCUT2D eigenvalue weighted by molar-refractivity contribution is 0.217. The highest BCUT2D eigenvalue weighted by Gasteiger charge is 2.26. The molecule has 0 aliphatic heterocycles. The number of benzene rings is 1. The lowest BCUT2D eigenvalue weighted by Crippen LogP contribution is -2.35. The lowest BCUT2D eigenvalue weighted by Gasteiger charge is -2.30. The van der Waals surface area contributed by atoms with Gasteiger partial charge in [0.2, 0.25) is 10.0 Å². The number of hydrogen-bond donors (Lipinski definition) is 1. The molecule has 1 aliphatic rings. The molecule has 0 spiro atoms. The van der Waals surface area contributed by atoms with Gasteiger partial charge in [-0.3, -0.25) is 0 Å². The molecule has 0 saturated heterocycles. The van der Waals surface area contributed by atoms with E-state index in [4.69, 9.17) is 4.74 Å². The largest absolute Gasteiger partial charge is 0.384 e. The Morgan fingerprint density at radius 1 is 1.41 bits per heavy atom. The van der Waals surface area contributed by atoms with E-state index in [1.54, 1.807) is 0 Å². The van der Waals surface area contributed by atoms with Crippen LogP contribution in [0.15, 0.2) is 24.3 Å². The Hall–Kier alpha value is -0.910. The second kappa shape index (κ2) is 5.16. The molecule has 0 saturated carbocycles. The maximum Gasteiger partial charge on any atom is 0.213 e. The molecule has 0 amide bonds. The van der Waals surface area contributed by atoms with E-state index in [1.807, 2.05) is 12.1 Å². The average Bonchev–Trinajstić information content (AvgIpc) is 2.28. The van der Waals surface area contributed by atoms with Crippen LogP contribution in [0, 0.1) is 0 Å². The van der Waals surface area contributed by atoms with Crippen molar-refractivity contribution in [3.63, 3.8) is 0 Å². The van der Waals surface area contributed by atoms with Crippen LogP contribution in [0.4, 0.5) is 0 Å². The van der Waals surface area contributed by atoms with Crippen LogP contribution in [0.25, 0.3) is 0 Å². The Balaban J connectivity index is 1.85. The summed E-state index contributed by atoms with van der Waals surface area (Å²) in [5, 5.41) is 0. The average molecular weight is 255 g/mol. The van der Waals surface area contributed by atoms with Gasteiger partial charge < -0.3 is 4.74 Å². The van der Waals surface area contributed by atoms with Gasteiger partial charge in [-0.2, -0.15) is 0 Å². The molecule has 0 unspecified atom stereocenters. The van der Waals surface area contributed by atoms with Gasteiger partial charge in [0.25, 0.3) is 0 Å². The van der Waals surface area contributed by atoms with Crippen molar-refractivity contribution in [1.29, 1.82) is 0 Å². The highest BCUT2D eigenvalue weighted by atomic mass is 32.2. The molecule has 0 aromatic heterocycles. The molecule has 1 N–H and O–H groups in total. The van der Waals surface area contributed by atoms with Crippen LogP contribution in [0.1, 0.15) is 17.0 Å². The molecule has 17 heavy (non-hydrogen) atoms. The first kappa shape index (κ1) is 12.5. The Morgan fingerprint density at radius 3 is 2.88 bits per heavy atom. The zero-order valence-corrected chi connectivity index (χ0v) is 10.7. The summed E-state index contributed by atoms with van der Waals surface area (Å²) in [6, 6.07) is 8.15. The molecule has 0 fully saturated rings. The Kier molecular flexibility index (Phi) is 3.81. The minimum Gasteiger partial charge on any atom is -0.384 e. The molecule has 0 bridgehead atoms. The van der Waals surface area contributed by atoms with Crippen LogP contribution in [0.3, 0.4) is 0 Å². The van der Waals surface area contributed by atoms with E-state index in [9.17, 15) is 8.42 Å². The summed E-state index contributed by atoms with van der Waals surface area (Å²) >= 11 is 0. The first-order valence-electron chi connectivity index (χ1n) is 5.66. The van der Waals surface area contributed by atoms with E-state index in [-0.39, 0.29) is 12.4 Å². The molecule has 1 aliphatic carbocycles. The molecule has 2 rings (SSSR count). The minimum absolute atomic E-state index is 0.0257. The zero-order valence-electron chi connectivity index (χ0n) is 9.85. The van der Waals surface area contributed by atoms with Crippen molar-refractivity contribution in [2.45, 2.75) is 12.3 Å². The molecule has 1 aromatic rings. The molecule has 4 nitrogen and oxygen atoms in total. The van der Waals surface area contributed by atoms with Gasteiger partial charge in [-0.1, -0.05) is 24.3 Å². The van der Waals surface area contributed by atoms with Crippen molar-refractivity contribution in [2.24, 2.45) is 0 Å². The van der Waals surface area contributed by atoms with Crippen LogP contribution < -0.4 is 4.72 Å². The van der Waals surface area contributed by atoms with Gasteiger partial charge in [0.15, 0.2) is 0 Å². The van der Waals surface area contributed by atoms with Crippen LogP contribution >= 0.6 is 0 Å². The molecule has 94 valence electrons. The van der Waals surface area contributed by atoms with Gasteiger partial charge in [0.1, 0.15) is 0 Å². The monoisotopic (exact) mass is 255 g/mol. The van der Waals surface area contributed by atoms with E-state index in [1.165, 1.54) is 18.2 Å². The Bertz CT molecular complexity index is 484. The summed E-state index contributed by atoms with van der Waals surface area (Å²) in [6.45, 7) is 0.722. The molecule has 5 heteroatoms. The third-order valence-electron chi connectivity index (χ3n) is 3.07. The smallest absolute Gasteiger partial charge is 0.213 e. The van der Waals surface area contributed by atoms with Crippen molar-refractivity contribution in [1.82, 2.24) is 4.72 Å². The van der Waals surface area contributed by atoms with Gasteiger partial charge in [-0.15, -0.1) is 0 Å². The summed E-state index contributed by atoms with van der Waals surface area (Å²) in [4.78, 5) is 0. The minimum atomic E-state index is -3.19. The van der Waals surface area contributed by atoms with E-state index in [2.05, 4.69) is 16.9 Å². The van der Waals surface area contributed by atoms with Gasteiger partial charge in [0, 0.05) is 19.6 Å². The van der Waals surface area contributed by atoms with Gasteiger partial charge in [-0.05, 0) is 17.5 Å². The standard InChI is InChI=1S/C12H17NO3S/c1-16-6-7-17(14,15)13-9-11-8-10-4-2-3-5-12(10)11/h2-5,11,13H,6-9H2,1H3/t11-/m1/s1. The summed E-state index contributed by atoms with van der Waals surface area (Å²) in [5.74, 6) is 0.348. The number of sulfonamides is 1. The zero-order chi connectivity index (χ0) is 12.3. The molecular weight excluding hydrogens is 238 g/mol. The van der Waals surface area contributed by atoms with Crippen molar-refractivity contribution >= 4 is 10.0 Å². The van der Waals surface area contributed by atoms with Crippen molar-refractivity contribution < 1.29 is 13.2 Å². The van der Waals surface area contributed by atoms with E-state index in [0.29, 0.717) is 12.5 Å². The highest BCUT2D eigenvalue weighted by molar-refractivity contribution is 7.89. The molecule has 0 heterocycles. The number of rotatable bonds is 6. The molecule has 0 radical (unpaired) electrons. The topological polar surface area (TPSA) is 55.4 Å². The number of nitrogens with one attached hydrogen (secondary N) is 1. The molecular formula is C12H17NO3S. The maximum absolute atomic E-state index is 11.6. The summed E-state index contributed by atoms with van der Waals surface area (Å²) < 4.78 is 30.5. The number of methoxy groups -OCH3 is 1. The fourth-order valence-corrected chi connectivity index (χ4v) is 3.02. The van der Waals surface area contributed by atoms with E-state index < -0.39 is 10.0 Å². The predicted octanol–water partition coefficient (Wildman–Crippen LogP) is 0.892. The fraction of sp³-hybridized carbons (Fsp3) is 0.500. The van der Waals surface area contributed by atoms with Gasteiger partial charge in [-0.25, -0.2) is 13.1 Å². The molecule has 1 atom stereocenters. The van der Waals surface area contributed by atoms with Crippen LogP contribution in [-0.4, -0.2) is 34.4 Å². The summed E-state index contributed by atoms with van der Waals surface area (Å²) in [6.07, 6.45) is 0.961. The normalized spacial score (nSPS) is 18.5. The van der Waals surface area contributed by atoms with Crippen molar-refractivity contribution in [2.75, 3.05) is 26.0 Å². The number of hydrogen-bond acceptors (Lipinski definition) is 3. The maximum atomic E-state index is 11.6. The lowest BCUT2D eigenvalue weighted by atomic mass is 9.78. The third-order valence-corrected chi connectivity index (χ3v) is 4.38. The first-order chi connectivity index (χ1) is 8.12. The van der Waals surface area contributed by atoms with E-state index in [0.717, 1.165) is 6.42 Å². The van der Waals surface area contributed by atoms with Crippen LogP contribution in [-0.2, 0) is 21.2 Å². The highest BCUT2D eigenvalue weighted by Crippen LogP contribution is 2.34. The van der Waals surface area contributed by atoms with Crippen molar-refractivity contribution in [3.05, 3.63) is 35.4 Å². The fourth-order valence-electron chi connectivity index (χ4n) is 2.04. The van der Waals surface area contributed by atoms with Crippen LogP contribution in [0.2, 0.25) is 0 Å². The second-order valence-corrected chi connectivity index (χ2v) is 6.19. The van der Waals surface area contributed by atoms with Crippen molar-refractivity contribution in [3.8, 4) is 0 Å². The van der Waals surface area contributed by atoms with Crippen LogP contribution in [0.5, 0.6) is 0 Å². The quantitative estimate of drug-likeness (QED) is 0.821. The number of ether oxygens (including phenoxy) is 1. The second-order valence-electron chi connectivity index (χ2n) is 4.26. The third kappa shape index (κ3) is 3.06. The summed E-state index contributed by atoms with van der Waals surface area (Å²) in [5.41, 5.74) is 2.59. The van der Waals surface area contributed by atoms with E-state index >= 15 is 0 Å². The predicted molar refractivity (Wildman–Crippen MR) is 66.6 cm³/mol. The van der Waals surface area contributed by atoms with Gasteiger partial charge in [0.05, 0.1) is 12.4 Å². The SMILES string of the molecule is COCCS(=O)(=O)NC[C@H]1Cc2ccccc21. The molecule has 1 aromatic carbocycles. The summed E-state index contributed by atoms with van der Waals surface area (Å²) in [7, 11) is -1.69. The number of fused-ring (bicyclic) bond motifs is 1. The first-order valence-corrected chi connectivity index (χ1v) is 7.31. The Labute approximate surface area is 102 Å². The Morgan fingerprint density at radius 2 is 2.18 bits per heavy atom.